The fraction of sp³-hybridized carbons (Fsp3) is 0.909. The summed E-state index contributed by atoms with van der Waals surface area (Å²) < 4.78 is 27.7. The number of nitrogens with one attached hydrogen (secondary N) is 1. The van der Waals surface area contributed by atoms with Crippen LogP contribution in [0.4, 0.5) is 0 Å². The summed E-state index contributed by atoms with van der Waals surface area (Å²) in [4.78, 5) is 10.7. The molecule has 7 heteroatoms. The minimum Gasteiger partial charge on any atom is -0.481 e. The highest BCUT2D eigenvalue weighted by molar-refractivity contribution is 7.87. The Bertz CT molecular complexity index is 383. The number of carboxylic acids is 1. The Kier molecular flexibility index (Phi) is 5.55. The monoisotopic (exact) mass is 278 g/mol. The first kappa shape index (κ1) is 15.4. The molecule has 0 amide bonds. The van der Waals surface area contributed by atoms with Crippen molar-refractivity contribution in [2.75, 3.05) is 19.6 Å². The molecule has 1 rings (SSSR count). The number of aliphatic carboxylic acids is 1. The summed E-state index contributed by atoms with van der Waals surface area (Å²) >= 11 is 0. The van der Waals surface area contributed by atoms with Crippen molar-refractivity contribution in [3.8, 4) is 0 Å². The molecule has 0 aromatic heterocycles. The molecule has 0 aromatic rings. The van der Waals surface area contributed by atoms with Gasteiger partial charge in [-0.1, -0.05) is 13.8 Å². The van der Waals surface area contributed by atoms with Gasteiger partial charge in [-0.2, -0.15) is 12.7 Å². The van der Waals surface area contributed by atoms with Crippen LogP contribution in [-0.2, 0) is 15.0 Å². The van der Waals surface area contributed by atoms with Crippen LogP contribution < -0.4 is 4.72 Å². The topological polar surface area (TPSA) is 86.7 Å². The summed E-state index contributed by atoms with van der Waals surface area (Å²) in [6, 6.07) is 0. The van der Waals surface area contributed by atoms with E-state index in [0.29, 0.717) is 19.6 Å². The van der Waals surface area contributed by atoms with Gasteiger partial charge in [-0.05, 0) is 24.7 Å². The molecule has 2 atom stereocenters. The van der Waals surface area contributed by atoms with Gasteiger partial charge in [0, 0.05) is 26.1 Å². The number of piperidine rings is 1. The van der Waals surface area contributed by atoms with Crippen LogP contribution >= 0.6 is 0 Å². The van der Waals surface area contributed by atoms with Crippen LogP contribution in [0.15, 0.2) is 0 Å². The van der Waals surface area contributed by atoms with Crippen LogP contribution in [0.5, 0.6) is 0 Å². The van der Waals surface area contributed by atoms with Crippen LogP contribution in [0.3, 0.4) is 0 Å². The average molecular weight is 278 g/mol. The average Bonchev–Trinajstić information content (AvgIpc) is 2.28. The molecule has 0 radical (unpaired) electrons. The first-order valence-electron chi connectivity index (χ1n) is 6.33. The fourth-order valence-corrected chi connectivity index (χ4v) is 3.68. The molecule has 0 aliphatic carbocycles. The lowest BCUT2D eigenvalue weighted by atomic mass is 9.85. The van der Waals surface area contributed by atoms with E-state index in [0.717, 1.165) is 12.8 Å². The minimum atomic E-state index is -3.39. The molecular weight excluding hydrogens is 256 g/mol. The van der Waals surface area contributed by atoms with Crippen LogP contribution in [0, 0.1) is 11.8 Å². The van der Waals surface area contributed by atoms with Crippen molar-refractivity contribution < 1.29 is 18.3 Å². The van der Waals surface area contributed by atoms with E-state index in [1.807, 2.05) is 6.92 Å². The molecule has 1 aliphatic rings. The van der Waals surface area contributed by atoms with Crippen molar-refractivity contribution in [1.82, 2.24) is 9.03 Å². The van der Waals surface area contributed by atoms with Crippen molar-refractivity contribution in [2.24, 2.45) is 11.8 Å². The van der Waals surface area contributed by atoms with Gasteiger partial charge in [0.15, 0.2) is 0 Å². The van der Waals surface area contributed by atoms with E-state index in [1.165, 1.54) is 4.31 Å². The van der Waals surface area contributed by atoms with Crippen molar-refractivity contribution in [2.45, 2.75) is 33.1 Å². The van der Waals surface area contributed by atoms with Gasteiger partial charge in [0.2, 0.25) is 0 Å². The third-order valence-electron chi connectivity index (χ3n) is 3.39. The fourth-order valence-electron chi connectivity index (χ4n) is 2.37. The SMILES string of the molecule is CCNS(=O)(=O)N1CCCC(C(C)CC(=O)O)C1. The van der Waals surface area contributed by atoms with Crippen molar-refractivity contribution in [3.05, 3.63) is 0 Å². The van der Waals surface area contributed by atoms with E-state index < -0.39 is 16.2 Å². The summed E-state index contributed by atoms with van der Waals surface area (Å²) in [7, 11) is -3.39. The van der Waals surface area contributed by atoms with E-state index in [1.54, 1.807) is 6.92 Å². The van der Waals surface area contributed by atoms with E-state index in [9.17, 15) is 13.2 Å². The highest BCUT2D eigenvalue weighted by Gasteiger charge is 2.31. The first-order chi connectivity index (χ1) is 8.36. The summed E-state index contributed by atoms with van der Waals surface area (Å²) in [5, 5.41) is 8.78. The second-order valence-corrected chi connectivity index (χ2v) is 6.59. The zero-order valence-electron chi connectivity index (χ0n) is 10.9. The lowest BCUT2D eigenvalue weighted by molar-refractivity contribution is -0.138. The van der Waals surface area contributed by atoms with Gasteiger partial charge in [0.1, 0.15) is 0 Å². The van der Waals surface area contributed by atoms with E-state index in [2.05, 4.69) is 4.72 Å². The first-order valence-corrected chi connectivity index (χ1v) is 7.77. The number of carboxylic acid groups (broad SMARTS) is 1. The van der Waals surface area contributed by atoms with Crippen LogP contribution in [-0.4, -0.2) is 43.4 Å². The Morgan fingerprint density at radius 2 is 2.22 bits per heavy atom. The molecule has 2 unspecified atom stereocenters. The van der Waals surface area contributed by atoms with Gasteiger partial charge in [0.25, 0.3) is 10.2 Å². The van der Waals surface area contributed by atoms with Gasteiger partial charge in [-0.3, -0.25) is 4.79 Å². The second kappa shape index (κ2) is 6.49. The van der Waals surface area contributed by atoms with Gasteiger partial charge in [-0.25, -0.2) is 4.72 Å². The summed E-state index contributed by atoms with van der Waals surface area (Å²) in [5.74, 6) is -0.695. The summed E-state index contributed by atoms with van der Waals surface area (Å²) in [6.07, 6.45) is 1.78. The number of hydrogen-bond donors (Lipinski definition) is 2. The predicted octanol–water partition coefficient (Wildman–Crippen LogP) is 0.663. The Hall–Kier alpha value is -0.660. The third kappa shape index (κ3) is 4.22. The van der Waals surface area contributed by atoms with Crippen LogP contribution in [0.1, 0.15) is 33.1 Å². The smallest absolute Gasteiger partial charge is 0.303 e. The molecule has 0 saturated carbocycles. The molecule has 1 heterocycles. The quantitative estimate of drug-likeness (QED) is 0.747. The van der Waals surface area contributed by atoms with E-state index in [4.69, 9.17) is 5.11 Å². The maximum absolute atomic E-state index is 11.9. The normalized spacial score (nSPS) is 23.8. The van der Waals surface area contributed by atoms with Crippen molar-refractivity contribution in [1.29, 1.82) is 0 Å². The van der Waals surface area contributed by atoms with E-state index in [-0.39, 0.29) is 18.3 Å². The standard InChI is InChI=1S/C11H22N2O4S/c1-3-12-18(16,17)13-6-4-5-10(8-13)9(2)7-11(14)15/h9-10,12H,3-8H2,1-2H3,(H,14,15). The summed E-state index contributed by atoms with van der Waals surface area (Å²) in [5.41, 5.74) is 0. The molecule has 0 spiro atoms. The Morgan fingerprint density at radius 3 is 2.78 bits per heavy atom. The number of hydrogen-bond acceptors (Lipinski definition) is 3. The zero-order valence-corrected chi connectivity index (χ0v) is 11.7. The number of rotatable bonds is 6. The largest absolute Gasteiger partial charge is 0.481 e. The molecule has 6 nitrogen and oxygen atoms in total. The maximum Gasteiger partial charge on any atom is 0.303 e. The van der Waals surface area contributed by atoms with Crippen molar-refractivity contribution in [3.63, 3.8) is 0 Å². The molecule has 1 aliphatic heterocycles. The molecule has 18 heavy (non-hydrogen) atoms. The van der Waals surface area contributed by atoms with Gasteiger partial charge >= 0.3 is 5.97 Å². The van der Waals surface area contributed by atoms with Gasteiger partial charge < -0.3 is 5.11 Å². The van der Waals surface area contributed by atoms with Gasteiger partial charge in [-0.15, -0.1) is 0 Å². The van der Waals surface area contributed by atoms with Gasteiger partial charge in [0.05, 0.1) is 0 Å². The lowest BCUT2D eigenvalue weighted by Gasteiger charge is -2.34. The molecule has 1 fully saturated rings. The van der Waals surface area contributed by atoms with E-state index >= 15 is 0 Å². The van der Waals surface area contributed by atoms with Crippen molar-refractivity contribution >= 4 is 16.2 Å². The Balaban J connectivity index is 2.63. The maximum atomic E-state index is 11.9. The molecular formula is C11H22N2O4S. The number of carbonyl (C=O) groups is 1. The Morgan fingerprint density at radius 1 is 1.56 bits per heavy atom. The molecule has 106 valence electrons. The molecule has 1 saturated heterocycles. The second-order valence-electron chi connectivity index (χ2n) is 4.84. The molecule has 0 aromatic carbocycles. The third-order valence-corrected chi connectivity index (χ3v) is 5.05. The zero-order chi connectivity index (χ0) is 13.8. The predicted molar refractivity (Wildman–Crippen MR) is 68.3 cm³/mol. The molecule has 0 bridgehead atoms. The number of nitrogens with zero attached hydrogens (tertiary/aromatic N) is 1. The van der Waals surface area contributed by atoms with Crippen LogP contribution in [0.2, 0.25) is 0 Å². The highest BCUT2D eigenvalue weighted by Crippen LogP contribution is 2.27. The minimum absolute atomic E-state index is 0.00197. The lowest BCUT2D eigenvalue weighted by Crippen LogP contribution is -2.47. The summed E-state index contributed by atoms with van der Waals surface area (Å²) in [6.45, 7) is 4.93. The Labute approximate surface area is 109 Å². The molecule has 2 N–H and O–H groups in total. The van der Waals surface area contributed by atoms with Crippen LogP contribution in [0.25, 0.3) is 0 Å². The highest BCUT2D eigenvalue weighted by atomic mass is 32.2.